The lowest BCUT2D eigenvalue weighted by atomic mass is 10.2. The van der Waals surface area contributed by atoms with Crippen LogP contribution in [0.3, 0.4) is 0 Å². The van der Waals surface area contributed by atoms with Crippen LogP contribution in [0.4, 0.5) is 4.39 Å². The van der Waals surface area contributed by atoms with Gasteiger partial charge in [-0.05, 0) is 12.1 Å². The molecule has 5 nitrogen and oxygen atoms in total. The van der Waals surface area contributed by atoms with Gasteiger partial charge in [0.1, 0.15) is 4.90 Å². The number of hydrogen-bond donors (Lipinski definition) is 2. The molecule has 1 aromatic carbocycles. The molecule has 0 heterocycles. The molecule has 0 radical (unpaired) electrons. The Bertz CT molecular complexity index is 600. The van der Waals surface area contributed by atoms with Gasteiger partial charge in [0.25, 0.3) is 0 Å². The average molecular weight is 338 g/mol. The van der Waals surface area contributed by atoms with Crippen LogP contribution >= 0.6 is 15.9 Å². The van der Waals surface area contributed by atoms with Crippen molar-refractivity contribution >= 4 is 31.9 Å². The number of hydrogen-bond acceptors (Lipinski definition) is 3. The average Bonchev–Trinajstić information content (AvgIpc) is 2.28. The summed E-state index contributed by atoms with van der Waals surface area (Å²) in [7, 11) is -4.12. The largest absolute Gasteiger partial charge is 0.478 e. The number of benzene rings is 1. The topological polar surface area (TPSA) is 83.5 Å². The predicted octanol–water partition coefficient (Wildman–Crippen LogP) is 1.75. The van der Waals surface area contributed by atoms with Crippen LogP contribution in [0.15, 0.2) is 34.2 Å². The molecule has 0 unspecified atom stereocenters. The molecule has 2 N–H and O–H groups in total. The third-order valence-corrected chi connectivity index (χ3v) is 3.82. The van der Waals surface area contributed by atoms with Gasteiger partial charge in [0.2, 0.25) is 10.0 Å². The maximum absolute atomic E-state index is 13.8. The zero-order chi connectivity index (χ0) is 13.9. The summed E-state index contributed by atoms with van der Waals surface area (Å²) in [5.41, 5.74) is -0.719. The van der Waals surface area contributed by atoms with E-state index in [9.17, 15) is 17.6 Å². The van der Waals surface area contributed by atoms with Crippen molar-refractivity contribution in [3.63, 3.8) is 0 Å². The normalized spacial score (nSPS) is 11.2. The number of rotatable bonds is 5. The van der Waals surface area contributed by atoms with Crippen LogP contribution < -0.4 is 4.72 Å². The maximum Gasteiger partial charge on any atom is 0.338 e. The van der Waals surface area contributed by atoms with Gasteiger partial charge in [0.15, 0.2) is 5.82 Å². The van der Waals surface area contributed by atoms with Gasteiger partial charge >= 0.3 is 5.97 Å². The summed E-state index contributed by atoms with van der Waals surface area (Å²) in [4.78, 5) is 10.0. The standard InChI is InChI=1S/C10H9BrFNO4S/c1-2-3-13-18(16,17)8-5-6(11)4-7(9(8)12)10(14)15/h2,4-5,13H,1,3H2,(H,14,15). The smallest absolute Gasteiger partial charge is 0.338 e. The zero-order valence-corrected chi connectivity index (χ0v) is 11.4. The molecule has 0 aliphatic heterocycles. The quantitative estimate of drug-likeness (QED) is 0.802. The first kappa shape index (κ1) is 14.8. The van der Waals surface area contributed by atoms with Crippen molar-refractivity contribution in [1.29, 1.82) is 0 Å². The highest BCUT2D eigenvalue weighted by atomic mass is 79.9. The number of carboxylic acid groups (broad SMARTS) is 1. The molecule has 1 aromatic rings. The number of aromatic carboxylic acids is 1. The van der Waals surface area contributed by atoms with Gasteiger partial charge in [-0.2, -0.15) is 0 Å². The molecule has 0 aliphatic rings. The van der Waals surface area contributed by atoms with E-state index in [1.807, 2.05) is 0 Å². The predicted molar refractivity (Wildman–Crippen MR) is 66.4 cm³/mol. The van der Waals surface area contributed by atoms with E-state index >= 15 is 0 Å². The molecule has 0 amide bonds. The zero-order valence-electron chi connectivity index (χ0n) is 8.98. The summed E-state index contributed by atoms with van der Waals surface area (Å²) in [6.07, 6.45) is 1.28. The molecule has 18 heavy (non-hydrogen) atoms. The van der Waals surface area contributed by atoms with E-state index in [0.717, 1.165) is 12.1 Å². The van der Waals surface area contributed by atoms with Crippen molar-refractivity contribution in [1.82, 2.24) is 4.72 Å². The van der Waals surface area contributed by atoms with E-state index < -0.39 is 32.3 Å². The van der Waals surface area contributed by atoms with Crippen molar-refractivity contribution in [3.05, 3.63) is 40.6 Å². The highest BCUT2D eigenvalue weighted by Crippen LogP contribution is 2.24. The molecule has 98 valence electrons. The van der Waals surface area contributed by atoms with E-state index in [4.69, 9.17) is 5.11 Å². The molecule has 0 aromatic heterocycles. The Labute approximate surface area is 112 Å². The Morgan fingerprint density at radius 2 is 2.17 bits per heavy atom. The van der Waals surface area contributed by atoms with Crippen molar-refractivity contribution < 1.29 is 22.7 Å². The molecule has 0 saturated carbocycles. The fourth-order valence-electron chi connectivity index (χ4n) is 1.16. The number of nitrogens with one attached hydrogen (secondary N) is 1. The summed E-state index contributed by atoms with van der Waals surface area (Å²) in [6, 6.07) is 1.98. The highest BCUT2D eigenvalue weighted by molar-refractivity contribution is 9.10. The summed E-state index contributed by atoms with van der Waals surface area (Å²) < 4.78 is 39.4. The number of carbonyl (C=O) groups is 1. The monoisotopic (exact) mass is 337 g/mol. The van der Waals surface area contributed by atoms with Gasteiger partial charge in [-0.1, -0.05) is 22.0 Å². The minimum atomic E-state index is -4.12. The minimum absolute atomic E-state index is 0.0866. The Morgan fingerprint density at radius 3 is 2.67 bits per heavy atom. The summed E-state index contributed by atoms with van der Waals surface area (Å²) in [5.74, 6) is -2.85. The lowest BCUT2D eigenvalue weighted by Gasteiger charge is -2.08. The van der Waals surface area contributed by atoms with Crippen LogP contribution in [0.2, 0.25) is 0 Å². The second kappa shape index (κ2) is 5.59. The van der Waals surface area contributed by atoms with Gasteiger partial charge in [0.05, 0.1) is 5.56 Å². The van der Waals surface area contributed by atoms with Gasteiger partial charge < -0.3 is 5.11 Å². The first-order valence-corrected chi connectivity index (χ1v) is 6.90. The highest BCUT2D eigenvalue weighted by Gasteiger charge is 2.24. The molecule has 0 fully saturated rings. The third kappa shape index (κ3) is 3.15. The van der Waals surface area contributed by atoms with E-state index in [-0.39, 0.29) is 11.0 Å². The number of carboxylic acids is 1. The SMILES string of the molecule is C=CCNS(=O)(=O)c1cc(Br)cc(C(=O)O)c1F. The van der Waals surface area contributed by atoms with E-state index in [0.29, 0.717) is 0 Å². The second-order valence-corrected chi connectivity index (χ2v) is 5.86. The molecule has 0 saturated heterocycles. The molecular weight excluding hydrogens is 329 g/mol. The van der Waals surface area contributed by atoms with Crippen molar-refractivity contribution in [2.75, 3.05) is 6.54 Å². The van der Waals surface area contributed by atoms with Gasteiger partial charge in [-0.25, -0.2) is 22.3 Å². The van der Waals surface area contributed by atoms with Crippen LogP contribution in [-0.2, 0) is 10.0 Å². The molecule has 1 rings (SSSR count). The van der Waals surface area contributed by atoms with E-state index in [2.05, 4.69) is 27.2 Å². The Balaban J connectivity index is 3.41. The first-order valence-electron chi connectivity index (χ1n) is 4.62. The van der Waals surface area contributed by atoms with Crippen molar-refractivity contribution in [2.24, 2.45) is 0 Å². The van der Waals surface area contributed by atoms with Gasteiger partial charge in [-0.15, -0.1) is 6.58 Å². The molecule has 8 heteroatoms. The molecular formula is C10H9BrFNO4S. The Kier molecular flexibility index (Phi) is 4.60. The second-order valence-electron chi connectivity index (χ2n) is 3.21. The van der Waals surface area contributed by atoms with Gasteiger partial charge in [0, 0.05) is 11.0 Å². The third-order valence-electron chi connectivity index (χ3n) is 1.94. The van der Waals surface area contributed by atoms with Crippen LogP contribution in [0.5, 0.6) is 0 Å². The van der Waals surface area contributed by atoms with Crippen LogP contribution in [-0.4, -0.2) is 26.0 Å². The molecule has 0 atom stereocenters. The maximum atomic E-state index is 13.8. The number of sulfonamides is 1. The van der Waals surface area contributed by atoms with Crippen molar-refractivity contribution in [3.8, 4) is 0 Å². The summed E-state index contributed by atoms with van der Waals surface area (Å²) in [5, 5.41) is 8.76. The van der Waals surface area contributed by atoms with E-state index in [1.54, 1.807) is 0 Å². The summed E-state index contributed by atoms with van der Waals surface area (Å²) in [6.45, 7) is 3.23. The molecule has 0 bridgehead atoms. The number of halogens is 2. The van der Waals surface area contributed by atoms with E-state index in [1.165, 1.54) is 6.08 Å². The lowest BCUT2D eigenvalue weighted by Crippen LogP contribution is -2.25. The fraction of sp³-hybridized carbons (Fsp3) is 0.100. The van der Waals surface area contributed by atoms with Crippen molar-refractivity contribution in [2.45, 2.75) is 4.90 Å². The Hall–Kier alpha value is -1.25. The minimum Gasteiger partial charge on any atom is -0.478 e. The molecule has 0 spiro atoms. The van der Waals surface area contributed by atoms with Crippen LogP contribution in [0, 0.1) is 5.82 Å². The fourth-order valence-corrected chi connectivity index (χ4v) is 2.89. The lowest BCUT2D eigenvalue weighted by molar-refractivity contribution is 0.0691. The first-order chi connectivity index (χ1) is 8.29. The molecule has 0 aliphatic carbocycles. The van der Waals surface area contributed by atoms with Crippen LogP contribution in [0.1, 0.15) is 10.4 Å². The Morgan fingerprint density at radius 1 is 1.56 bits per heavy atom. The summed E-state index contributed by atoms with van der Waals surface area (Å²) >= 11 is 2.93. The van der Waals surface area contributed by atoms with Gasteiger partial charge in [-0.3, -0.25) is 0 Å². The van der Waals surface area contributed by atoms with Crippen LogP contribution in [0.25, 0.3) is 0 Å².